The summed E-state index contributed by atoms with van der Waals surface area (Å²) in [6, 6.07) is 13.0. The van der Waals surface area contributed by atoms with E-state index in [2.05, 4.69) is 45.0 Å². The Kier molecular flexibility index (Phi) is 16.8. The van der Waals surface area contributed by atoms with Crippen molar-refractivity contribution in [3.8, 4) is 15.4 Å². The predicted octanol–water partition coefficient (Wildman–Crippen LogP) is 4.53. The van der Waals surface area contributed by atoms with Crippen molar-refractivity contribution in [3.63, 3.8) is 0 Å². The van der Waals surface area contributed by atoms with Crippen molar-refractivity contribution in [2.45, 2.75) is 92.1 Å². The minimum absolute atomic E-state index is 0.0280. The van der Waals surface area contributed by atoms with E-state index in [0.717, 1.165) is 54.0 Å². The number of nitrogens with two attached hydrogens (primary N) is 1. The summed E-state index contributed by atoms with van der Waals surface area (Å²) in [7, 11) is 0. The number of nitrogens with one attached hydrogen (secondary N) is 3. The van der Waals surface area contributed by atoms with Gasteiger partial charge in [-0.3, -0.25) is 28.7 Å². The molecule has 4 amide bonds. The van der Waals surface area contributed by atoms with Crippen LogP contribution in [0, 0.1) is 33.1 Å². The van der Waals surface area contributed by atoms with Crippen molar-refractivity contribution >= 4 is 57.7 Å². The number of aromatic nitrogens is 4. The second-order valence-electron chi connectivity index (χ2n) is 18.3. The van der Waals surface area contributed by atoms with E-state index in [4.69, 9.17) is 24.9 Å². The fraction of sp³-hybridized carbons (Fsp3) is 0.469. The molecule has 6 N–H and O–H groups in total. The lowest BCUT2D eigenvalue weighted by molar-refractivity contribution is -0.144. The number of amides is 4. The predicted molar refractivity (Wildman–Crippen MR) is 264 cm³/mol. The summed E-state index contributed by atoms with van der Waals surface area (Å²) in [6.45, 7) is 14.8. The largest absolute Gasteiger partial charge is 0.399 e. The molecule has 0 saturated carbocycles. The average Bonchev–Trinajstić information content (AvgIpc) is 4.08. The van der Waals surface area contributed by atoms with Gasteiger partial charge in [-0.1, -0.05) is 57.2 Å². The zero-order valence-electron chi connectivity index (χ0n) is 40.2. The highest BCUT2D eigenvalue weighted by molar-refractivity contribution is 7.15. The lowest BCUT2D eigenvalue weighted by atomic mass is 9.85. The number of aryl methyl sites for hydroxylation is 3. The van der Waals surface area contributed by atoms with Gasteiger partial charge in [0.25, 0.3) is 0 Å². The summed E-state index contributed by atoms with van der Waals surface area (Å²) in [5.74, 6) is -0.227. The molecule has 0 spiro atoms. The first kappa shape index (κ1) is 51.0. The van der Waals surface area contributed by atoms with Crippen molar-refractivity contribution in [2.24, 2.45) is 10.4 Å². The van der Waals surface area contributed by atoms with Gasteiger partial charge >= 0.3 is 0 Å². The van der Waals surface area contributed by atoms with E-state index < -0.39 is 41.5 Å². The van der Waals surface area contributed by atoms with Crippen LogP contribution in [-0.2, 0) is 39.9 Å². The SMILES string of the molecule is Cc1ncsc1-c1ccc(CNC(=O)[C@@H]2C[C@@H](O)CN2C(=O)[C@@H](NC(=O)COCCOCCOCCNC(=O)C[C@@H]2N=C(c3ccc(N)cc3)c3c(sc(C)c3C)-n3c(C)nnc32)C(C)(C)C)cc1. The Labute approximate surface area is 410 Å². The standard InChI is InChI=1S/C49H62N10O8S2/c1-28-30(3)69-48-41(28)42(33-12-14-35(50)15-13-33)54-37(45-57-56-31(4)59(45)48)23-39(61)51-16-17-65-18-19-66-20-21-67-26-40(62)55-44(49(5,6)7)47(64)58-25-36(60)22-38(58)46(63)52-24-32-8-10-34(11-9-32)43-29(2)53-27-68-43/h8-15,27,36-38,44,60H,16-26,50H2,1-7H3,(H,51,61)(H,52,63)(H,55,62)/t36-,37+,38+,44-/m1/s1. The third-order valence-corrected chi connectivity index (χ3v) is 14.2. The number of aliphatic hydroxyl groups is 1. The maximum Gasteiger partial charge on any atom is 0.246 e. The molecule has 20 heteroatoms. The second-order valence-corrected chi connectivity index (χ2v) is 20.4. The Morgan fingerprint density at radius 3 is 2.25 bits per heavy atom. The van der Waals surface area contributed by atoms with Crippen molar-refractivity contribution < 1.29 is 38.5 Å². The van der Waals surface area contributed by atoms with Crippen LogP contribution in [0.2, 0.25) is 0 Å². The molecule has 1 fully saturated rings. The smallest absolute Gasteiger partial charge is 0.246 e. The van der Waals surface area contributed by atoms with E-state index in [9.17, 15) is 24.3 Å². The number of thiazole rings is 1. The number of benzene rings is 2. The van der Waals surface area contributed by atoms with Gasteiger partial charge in [-0.2, -0.15) is 0 Å². The van der Waals surface area contributed by atoms with Gasteiger partial charge in [-0.05, 0) is 61.9 Å². The molecule has 0 bridgehead atoms. The number of hydrogen-bond donors (Lipinski definition) is 5. The maximum absolute atomic E-state index is 14.0. The number of β-amino-alcohol motifs (C(OH)–C–C–N with tert-alkyl or cyclic N) is 1. The summed E-state index contributed by atoms with van der Waals surface area (Å²) in [4.78, 5) is 66.8. The molecule has 18 nitrogen and oxygen atoms in total. The van der Waals surface area contributed by atoms with Crippen LogP contribution in [0.25, 0.3) is 15.4 Å². The molecule has 5 aromatic rings. The average molecular weight is 983 g/mol. The van der Waals surface area contributed by atoms with Crippen LogP contribution in [0.4, 0.5) is 5.69 Å². The Balaban J connectivity index is 0.797. The molecule has 7 rings (SSSR count). The number of carbonyl (C=O) groups is 4. The van der Waals surface area contributed by atoms with Crippen LogP contribution in [0.15, 0.2) is 59.0 Å². The molecule has 5 heterocycles. The molecular formula is C49H62N10O8S2. The zero-order valence-corrected chi connectivity index (χ0v) is 41.8. The van der Waals surface area contributed by atoms with Crippen molar-refractivity contribution in [1.82, 2.24) is 40.6 Å². The number of hydrogen-bond acceptors (Lipinski definition) is 15. The molecule has 1 saturated heterocycles. The van der Waals surface area contributed by atoms with E-state index in [-0.39, 0.29) is 83.9 Å². The van der Waals surface area contributed by atoms with Gasteiger partial charge in [-0.15, -0.1) is 32.9 Å². The van der Waals surface area contributed by atoms with Crippen LogP contribution in [0.3, 0.4) is 0 Å². The number of rotatable bonds is 20. The first-order valence-corrected chi connectivity index (χ1v) is 24.7. The van der Waals surface area contributed by atoms with E-state index in [1.165, 1.54) is 4.90 Å². The number of anilines is 1. The molecule has 2 aliphatic heterocycles. The summed E-state index contributed by atoms with van der Waals surface area (Å²) in [6.07, 6.45) is -0.735. The first-order chi connectivity index (χ1) is 33.0. The van der Waals surface area contributed by atoms with E-state index in [0.29, 0.717) is 17.3 Å². The summed E-state index contributed by atoms with van der Waals surface area (Å²) in [5, 5.41) is 29.0. The summed E-state index contributed by atoms with van der Waals surface area (Å²) >= 11 is 3.22. The fourth-order valence-electron chi connectivity index (χ4n) is 8.26. The third kappa shape index (κ3) is 12.5. The number of thiophene rings is 1. The molecule has 2 aliphatic rings. The van der Waals surface area contributed by atoms with E-state index in [1.807, 2.05) is 93.2 Å². The number of nitrogen functional groups attached to an aromatic ring is 1. The van der Waals surface area contributed by atoms with E-state index in [1.54, 1.807) is 22.7 Å². The molecule has 368 valence electrons. The summed E-state index contributed by atoms with van der Waals surface area (Å²) in [5.41, 5.74) is 14.4. The van der Waals surface area contributed by atoms with Gasteiger partial charge in [-0.25, -0.2) is 4.98 Å². The number of aliphatic imine (C=N–C) groups is 1. The molecule has 0 unspecified atom stereocenters. The fourth-order valence-corrected chi connectivity index (χ4v) is 10.3. The van der Waals surface area contributed by atoms with Crippen LogP contribution in [0.1, 0.15) is 84.1 Å². The molecule has 0 radical (unpaired) electrons. The molecule has 69 heavy (non-hydrogen) atoms. The number of fused-ring (bicyclic) bond motifs is 3. The third-order valence-electron chi connectivity index (χ3n) is 12.1. The van der Waals surface area contributed by atoms with Crippen LogP contribution >= 0.6 is 22.7 Å². The number of likely N-dealkylation sites (tertiary alicyclic amines) is 1. The van der Waals surface area contributed by atoms with Crippen molar-refractivity contribution in [3.05, 3.63) is 98.5 Å². The zero-order chi connectivity index (χ0) is 49.4. The lowest BCUT2D eigenvalue weighted by Crippen LogP contribution is -2.58. The molecule has 4 atom stereocenters. The lowest BCUT2D eigenvalue weighted by Gasteiger charge is -2.35. The van der Waals surface area contributed by atoms with Crippen LogP contribution in [-0.4, -0.2) is 130 Å². The summed E-state index contributed by atoms with van der Waals surface area (Å²) < 4.78 is 18.8. The number of ether oxygens (including phenoxy) is 3. The van der Waals surface area contributed by atoms with Gasteiger partial charge in [0.05, 0.1) is 67.4 Å². The van der Waals surface area contributed by atoms with Crippen LogP contribution in [0.5, 0.6) is 0 Å². The number of nitrogens with zero attached hydrogens (tertiary/aromatic N) is 6. The van der Waals surface area contributed by atoms with Gasteiger partial charge in [0, 0.05) is 47.7 Å². The van der Waals surface area contributed by atoms with Crippen LogP contribution < -0.4 is 21.7 Å². The van der Waals surface area contributed by atoms with Gasteiger partial charge in [0.15, 0.2) is 5.82 Å². The number of carbonyl (C=O) groups excluding carboxylic acids is 4. The molecule has 3 aromatic heterocycles. The highest BCUT2D eigenvalue weighted by atomic mass is 32.1. The molecular weight excluding hydrogens is 921 g/mol. The van der Waals surface area contributed by atoms with Gasteiger partial charge < -0.3 is 45.9 Å². The Morgan fingerprint density at radius 2 is 1.57 bits per heavy atom. The van der Waals surface area contributed by atoms with Crippen molar-refractivity contribution in [2.75, 3.05) is 58.5 Å². The quantitative estimate of drug-likeness (QED) is 0.0535. The Morgan fingerprint density at radius 1 is 0.884 bits per heavy atom. The highest BCUT2D eigenvalue weighted by Gasteiger charge is 2.44. The minimum Gasteiger partial charge on any atom is -0.399 e. The van der Waals surface area contributed by atoms with Gasteiger partial charge in [0.2, 0.25) is 23.6 Å². The van der Waals surface area contributed by atoms with Gasteiger partial charge in [0.1, 0.15) is 35.6 Å². The normalized spacial score (nSPS) is 17.1. The second kappa shape index (κ2) is 22.7. The maximum atomic E-state index is 14.0. The van der Waals surface area contributed by atoms with E-state index >= 15 is 0 Å². The topological polar surface area (TPSA) is 238 Å². The number of aliphatic hydroxyl groups excluding tert-OH is 1. The molecule has 0 aliphatic carbocycles. The Hall–Kier alpha value is -5.90. The molecule has 2 aromatic carbocycles. The monoisotopic (exact) mass is 982 g/mol. The van der Waals surface area contributed by atoms with Crippen molar-refractivity contribution in [1.29, 1.82) is 0 Å². The minimum atomic E-state index is -0.983. The first-order valence-electron chi connectivity index (χ1n) is 23.0. The Bertz CT molecular complexity index is 2640. The highest BCUT2D eigenvalue weighted by Crippen LogP contribution is 2.39.